The average molecular weight is 292 g/mol. The number of rotatable bonds is 5. The molecule has 1 amide bonds. The quantitative estimate of drug-likeness (QED) is 0.437. The molecule has 21 heavy (non-hydrogen) atoms. The van der Waals surface area contributed by atoms with Crippen molar-refractivity contribution >= 4 is 17.3 Å². The van der Waals surface area contributed by atoms with Crippen molar-refractivity contribution in [3.63, 3.8) is 0 Å². The third-order valence-electron chi connectivity index (χ3n) is 3.88. The van der Waals surface area contributed by atoms with Crippen molar-refractivity contribution in [3.8, 4) is 0 Å². The van der Waals surface area contributed by atoms with Crippen LogP contribution in [0, 0.1) is 16.0 Å². The number of nitro benzene ring substituents is 1. The molecule has 114 valence electrons. The Labute approximate surface area is 123 Å². The van der Waals surface area contributed by atoms with Gasteiger partial charge in [-0.2, -0.15) is 0 Å². The molecule has 0 spiro atoms. The Bertz CT molecular complexity index is 527. The molecule has 1 aliphatic carbocycles. The van der Waals surface area contributed by atoms with Gasteiger partial charge in [0.2, 0.25) is 0 Å². The van der Waals surface area contributed by atoms with Crippen molar-refractivity contribution < 1.29 is 9.72 Å². The largest absolute Gasteiger partial charge is 0.352 e. The lowest BCUT2D eigenvalue weighted by Crippen LogP contribution is -2.30. The number of nitrogens with two attached hydrogens (primary N) is 1. The minimum Gasteiger partial charge on any atom is -0.352 e. The molecule has 0 radical (unpaired) electrons. The second kappa shape index (κ2) is 7.03. The second-order valence-electron chi connectivity index (χ2n) is 5.35. The van der Waals surface area contributed by atoms with Crippen LogP contribution in [0.25, 0.3) is 0 Å². The third kappa shape index (κ3) is 3.91. The highest BCUT2D eigenvalue weighted by Crippen LogP contribution is 2.24. The summed E-state index contributed by atoms with van der Waals surface area (Å²) in [6.07, 6.45) is 5.83. The number of nitrogens with zero attached hydrogens (tertiary/aromatic N) is 1. The summed E-state index contributed by atoms with van der Waals surface area (Å²) in [6.45, 7) is 0.566. The van der Waals surface area contributed by atoms with Gasteiger partial charge in [0.15, 0.2) is 0 Å². The number of nitrogen functional groups attached to an aromatic ring is 1. The van der Waals surface area contributed by atoms with E-state index in [2.05, 4.69) is 10.7 Å². The van der Waals surface area contributed by atoms with Gasteiger partial charge in [-0.3, -0.25) is 20.8 Å². The van der Waals surface area contributed by atoms with E-state index >= 15 is 0 Å². The van der Waals surface area contributed by atoms with Gasteiger partial charge in [0, 0.05) is 18.3 Å². The standard InChI is InChI=1S/C14H20N4O3/c15-17-11-6-7-13(18(20)21)12(8-11)14(19)16-9-10-4-2-1-3-5-10/h6-8,10,17H,1-5,9,15H2,(H,16,19). The van der Waals surface area contributed by atoms with Crippen molar-refractivity contribution in [2.45, 2.75) is 32.1 Å². The fraction of sp³-hybridized carbons (Fsp3) is 0.500. The van der Waals surface area contributed by atoms with Crippen LogP contribution in [0.3, 0.4) is 0 Å². The van der Waals surface area contributed by atoms with E-state index in [1.165, 1.54) is 37.5 Å². The lowest BCUT2D eigenvalue weighted by atomic mass is 9.89. The zero-order chi connectivity index (χ0) is 15.2. The molecule has 4 N–H and O–H groups in total. The molecule has 1 aromatic carbocycles. The second-order valence-corrected chi connectivity index (χ2v) is 5.35. The van der Waals surface area contributed by atoms with Gasteiger partial charge in [-0.25, -0.2) is 0 Å². The number of amides is 1. The maximum absolute atomic E-state index is 12.2. The van der Waals surface area contributed by atoms with Crippen LogP contribution in [0.5, 0.6) is 0 Å². The minimum atomic E-state index is -0.560. The summed E-state index contributed by atoms with van der Waals surface area (Å²) in [5.74, 6) is 5.33. The molecule has 1 aliphatic rings. The number of benzene rings is 1. The summed E-state index contributed by atoms with van der Waals surface area (Å²) >= 11 is 0. The van der Waals surface area contributed by atoms with Crippen LogP contribution in [0.1, 0.15) is 42.5 Å². The molecule has 0 unspecified atom stereocenters. The fourth-order valence-corrected chi connectivity index (χ4v) is 2.69. The van der Waals surface area contributed by atoms with E-state index in [9.17, 15) is 14.9 Å². The minimum absolute atomic E-state index is 0.0336. The lowest BCUT2D eigenvalue weighted by Gasteiger charge is -2.21. The van der Waals surface area contributed by atoms with Gasteiger partial charge in [-0.15, -0.1) is 0 Å². The molecule has 7 nitrogen and oxygen atoms in total. The van der Waals surface area contributed by atoms with Gasteiger partial charge in [0.25, 0.3) is 11.6 Å². The lowest BCUT2D eigenvalue weighted by molar-refractivity contribution is -0.385. The Hall–Kier alpha value is -2.15. The number of carbonyl (C=O) groups is 1. The molecule has 0 aromatic heterocycles. The topological polar surface area (TPSA) is 110 Å². The molecule has 0 atom stereocenters. The van der Waals surface area contributed by atoms with Crippen molar-refractivity contribution in [3.05, 3.63) is 33.9 Å². The highest BCUT2D eigenvalue weighted by atomic mass is 16.6. The Morgan fingerprint density at radius 1 is 1.33 bits per heavy atom. The highest BCUT2D eigenvalue weighted by Gasteiger charge is 2.22. The van der Waals surface area contributed by atoms with Crippen LogP contribution >= 0.6 is 0 Å². The van der Waals surface area contributed by atoms with Gasteiger partial charge >= 0.3 is 0 Å². The van der Waals surface area contributed by atoms with Crippen LogP contribution in [-0.2, 0) is 0 Å². The normalized spacial score (nSPS) is 15.5. The summed E-state index contributed by atoms with van der Waals surface area (Å²) in [5, 5.41) is 13.8. The molecule has 7 heteroatoms. The number of hydrogen-bond donors (Lipinski definition) is 3. The van der Waals surface area contributed by atoms with Gasteiger partial charge in [0.1, 0.15) is 5.56 Å². The fourth-order valence-electron chi connectivity index (χ4n) is 2.69. The molecule has 0 heterocycles. The first-order valence-electron chi connectivity index (χ1n) is 7.15. The SMILES string of the molecule is NNc1ccc([N+](=O)[O-])c(C(=O)NCC2CCCCC2)c1. The summed E-state index contributed by atoms with van der Waals surface area (Å²) in [5.41, 5.74) is 2.67. The zero-order valence-electron chi connectivity index (χ0n) is 11.8. The maximum atomic E-state index is 12.2. The first-order chi connectivity index (χ1) is 10.1. The van der Waals surface area contributed by atoms with E-state index in [1.807, 2.05) is 0 Å². The molecule has 0 aliphatic heterocycles. The monoisotopic (exact) mass is 292 g/mol. The highest BCUT2D eigenvalue weighted by molar-refractivity contribution is 5.99. The number of carbonyl (C=O) groups excluding carboxylic acids is 1. The first-order valence-corrected chi connectivity index (χ1v) is 7.15. The number of nitrogens with one attached hydrogen (secondary N) is 2. The predicted molar refractivity (Wildman–Crippen MR) is 79.8 cm³/mol. The van der Waals surface area contributed by atoms with E-state index < -0.39 is 10.8 Å². The van der Waals surface area contributed by atoms with Gasteiger partial charge in [0.05, 0.1) is 4.92 Å². The Morgan fingerprint density at radius 3 is 2.67 bits per heavy atom. The van der Waals surface area contributed by atoms with Crippen LogP contribution in [0.15, 0.2) is 18.2 Å². The molecule has 1 fully saturated rings. The van der Waals surface area contributed by atoms with Crippen molar-refractivity contribution in [2.75, 3.05) is 12.0 Å². The van der Waals surface area contributed by atoms with Gasteiger partial charge in [-0.05, 0) is 30.9 Å². The predicted octanol–water partition coefficient (Wildman–Crippen LogP) is 2.19. The molecular formula is C14H20N4O3. The summed E-state index contributed by atoms with van der Waals surface area (Å²) < 4.78 is 0. The Kier molecular flexibility index (Phi) is 5.10. The van der Waals surface area contributed by atoms with Crippen molar-refractivity contribution in [1.29, 1.82) is 0 Å². The molecule has 2 rings (SSSR count). The number of hydrogen-bond acceptors (Lipinski definition) is 5. The Balaban J connectivity index is 2.07. The molecule has 0 bridgehead atoms. The average Bonchev–Trinajstić information content (AvgIpc) is 2.52. The smallest absolute Gasteiger partial charge is 0.282 e. The molecule has 1 saturated carbocycles. The van der Waals surface area contributed by atoms with E-state index in [0.29, 0.717) is 18.2 Å². The molecular weight excluding hydrogens is 272 g/mol. The van der Waals surface area contributed by atoms with Gasteiger partial charge < -0.3 is 10.7 Å². The van der Waals surface area contributed by atoms with E-state index in [-0.39, 0.29) is 11.3 Å². The zero-order valence-corrected chi connectivity index (χ0v) is 11.8. The van der Waals surface area contributed by atoms with Crippen LogP contribution in [0.4, 0.5) is 11.4 Å². The number of hydrazine groups is 1. The van der Waals surface area contributed by atoms with E-state index in [1.54, 1.807) is 0 Å². The number of anilines is 1. The molecule has 0 saturated heterocycles. The van der Waals surface area contributed by atoms with E-state index in [4.69, 9.17) is 5.84 Å². The summed E-state index contributed by atoms with van der Waals surface area (Å²) in [4.78, 5) is 22.6. The summed E-state index contributed by atoms with van der Waals surface area (Å²) in [7, 11) is 0. The van der Waals surface area contributed by atoms with Crippen LogP contribution in [0.2, 0.25) is 0 Å². The molecule has 1 aromatic rings. The first kappa shape index (κ1) is 15.2. The summed E-state index contributed by atoms with van der Waals surface area (Å²) in [6, 6.07) is 4.15. The van der Waals surface area contributed by atoms with Crippen molar-refractivity contribution in [2.24, 2.45) is 11.8 Å². The van der Waals surface area contributed by atoms with E-state index in [0.717, 1.165) is 12.8 Å². The van der Waals surface area contributed by atoms with Crippen LogP contribution in [-0.4, -0.2) is 17.4 Å². The number of nitro groups is 1. The van der Waals surface area contributed by atoms with Crippen molar-refractivity contribution in [1.82, 2.24) is 5.32 Å². The maximum Gasteiger partial charge on any atom is 0.282 e. The van der Waals surface area contributed by atoms with Crippen LogP contribution < -0.4 is 16.6 Å². The Morgan fingerprint density at radius 2 is 2.05 bits per heavy atom. The third-order valence-corrected chi connectivity index (χ3v) is 3.88. The van der Waals surface area contributed by atoms with Gasteiger partial charge in [-0.1, -0.05) is 19.3 Å².